The second kappa shape index (κ2) is 3.60. The number of rotatable bonds is 1. The topological polar surface area (TPSA) is 0 Å². The van der Waals surface area contributed by atoms with Gasteiger partial charge in [0.1, 0.15) is 0 Å². The molecule has 0 radical (unpaired) electrons. The van der Waals surface area contributed by atoms with Crippen LogP contribution in [0.3, 0.4) is 0 Å². The maximum absolute atomic E-state index is 6.14. The molecule has 0 fully saturated rings. The normalized spacial score (nSPS) is 11.0. The molecule has 0 aliphatic heterocycles. The van der Waals surface area contributed by atoms with Crippen LogP contribution in [0.1, 0.15) is 12.5 Å². The summed E-state index contributed by atoms with van der Waals surface area (Å²) in [5.74, 6) is 0. The molecule has 0 unspecified atom stereocenters. The zero-order valence-corrected chi connectivity index (χ0v) is 10.3. The van der Waals surface area contributed by atoms with Crippen LogP contribution in [-0.2, 0) is 6.42 Å². The summed E-state index contributed by atoms with van der Waals surface area (Å²) in [4.78, 5) is 0. The molecule has 0 atom stereocenters. The van der Waals surface area contributed by atoms with Crippen molar-refractivity contribution < 1.29 is 0 Å². The Hall–Kier alpha value is -0.0500. The standard InChI is InChI=1S/C10H8BrClS/c1-2-6-3-7-8(11)5-13-10(7)9(12)4-6/h3-5H,2H2,1H3. The molecular weight excluding hydrogens is 268 g/mol. The number of thiophene rings is 1. The maximum atomic E-state index is 6.14. The van der Waals surface area contributed by atoms with E-state index in [0.717, 1.165) is 15.9 Å². The van der Waals surface area contributed by atoms with Gasteiger partial charge in [-0.25, -0.2) is 0 Å². The lowest BCUT2D eigenvalue weighted by Crippen LogP contribution is -1.79. The molecule has 3 heteroatoms. The molecule has 0 bridgehead atoms. The Morgan fingerprint density at radius 1 is 1.46 bits per heavy atom. The number of hydrogen-bond acceptors (Lipinski definition) is 1. The van der Waals surface area contributed by atoms with Crippen molar-refractivity contribution in [3.63, 3.8) is 0 Å². The van der Waals surface area contributed by atoms with Crippen LogP contribution in [0.5, 0.6) is 0 Å². The SMILES string of the molecule is CCc1cc(Cl)c2scc(Br)c2c1. The van der Waals surface area contributed by atoms with Crippen molar-refractivity contribution in [2.45, 2.75) is 13.3 Å². The third kappa shape index (κ3) is 1.63. The van der Waals surface area contributed by atoms with Gasteiger partial charge in [-0.3, -0.25) is 0 Å². The highest BCUT2D eigenvalue weighted by Crippen LogP contribution is 2.36. The summed E-state index contributed by atoms with van der Waals surface area (Å²) < 4.78 is 2.32. The van der Waals surface area contributed by atoms with E-state index in [-0.39, 0.29) is 0 Å². The molecule has 1 aromatic heterocycles. The first-order chi connectivity index (χ1) is 6.22. The fourth-order valence-electron chi connectivity index (χ4n) is 1.33. The number of benzene rings is 1. The summed E-state index contributed by atoms with van der Waals surface area (Å²) in [5, 5.41) is 4.18. The molecule has 0 nitrogen and oxygen atoms in total. The van der Waals surface area contributed by atoms with Crippen molar-refractivity contribution in [1.29, 1.82) is 0 Å². The second-order valence-corrected chi connectivity index (χ2v) is 5.03. The summed E-state index contributed by atoms with van der Waals surface area (Å²) in [5.41, 5.74) is 1.29. The van der Waals surface area contributed by atoms with E-state index in [9.17, 15) is 0 Å². The highest BCUT2D eigenvalue weighted by atomic mass is 79.9. The van der Waals surface area contributed by atoms with Gasteiger partial charge in [0.25, 0.3) is 0 Å². The summed E-state index contributed by atoms with van der Waals surface area (Å²) in [7, 11) is 0. The molecule has 0 saturated carbocycles. The Labute approximate surface area is 94.7 Å². The molecule has 2 aromatic rings. The van der Waals surface area contributed by atoms with Gasteiger partial charge >= 0.3 is 0 Å². The van der Waals surface area contributed by atoms with E-state index in [4.69, 9.17) is 11.6 Å². The van der Waals surface area contributed by atoms with Gasteiger partial charge in [-0.05, 0) is 40.0 Å². The van der Waals surface area contributed by atoms with Crippen LogP contribution < -0.4 is 0 Å². The highest BCUT2D eigenvalue weighted by Gasteiger charge is 2.06. The predicted octanol–water partition coefficient (Wildman–Crippen LogP) is 4.88. The van der Waals surface area contributed by atoms with Crippen LogP contribution in [-0.4, -0.2) is 0 Å². The van der Waals surface area contributed by atoms with E-state index < -0.39 is 0 Å². The molecular formula is C10H8BrClS. The average Bonchev–Trinajstić information content (AvgIpc) is 2.48. The first-order valence-corrected chi connectivity index (χ1v) is 6.12. The smallest absolute Gasteiger partial charge is 0.0587 e. The van der Waals surface area contributed by atoms with Crippen LogP contribution in [0.15, 0.2) is 22.0 Å². The highest BCUT2D eigenvalue weighted by molar-refractivity contribution is 9.10. The Balaban J connectivity index is 2.80. The minimum absolute atomic E-state index is 0.866. The van der Waals surface area contributed by atoms with Gasteiger partial charge < -0.3 is 0 Å². The number of halogens is 2. The van der Waals surface area contributed by atoms with Crippen LogP contribution in [0, 0.1) is 0 Å². The van der Waals surface area contributed by atoms with Crippen LogP contribution in [0.25, 0.3) is 10.1 Å². The van der Waals surface area contributed by atoms with Crippen LogP contribution in [0.4, 0.5) is 0 Å². The fraction of sp³-hybridized carbons (Fsp3) is 0.200. The van der Waals surface area contributed by atoms with Crippen molar-refractivity contribution in [3.05, 3.63) is 32.6 Å². The molecule has 1 heterocycles. The van der Waals surface area contributed by atoms with Gasteiger partial charge in [-0.2, -0.15) is 0 Å². The average molecular weight is 276 g/mol. The molecule has 0 amide bonds. The third-order valence-corrected chi connectivity index (χ3v) is 4.45. The van der Waals surface area contributed by atoms with Crippen molar-refractivity contribution in [2.24, 2.45) is 0 Å². The lowest BCUT2D eigenvalue weighted by atomic mass is 10.1. The molecule has 0 saturated heterocycles. The number of fused-ring (bicyclic) bond motifs is 1. The van der Waals surface area contributed by atoms with Gasteiger partial charge in [-0.15, -0.1) is 11.3 Å². The third-order valence-electron chi connectivity index (χ3n) is 2.05. The van der Waals surface area contributed by atoms with Gasteiger partial charge in [0, 0.05) is 15.2 Å². The summed E-state index contributed by atoms with van der Waals surface area (Å²) in [6, 6.07) is 4.24. The first kappa shape index (κ1) is 9.50. The van der Waals surface area contributed by atoms with E-state index in [1.807, 2.05) is 6.07 Å². The van der Waals surface area contributed by atoms with Crippen LogP contribution in [0.2, 0.25) is 5.02 Å². The number of hydrogen-bond donors (Lipinski definition) is 0. The molecule has 2 rings (SSSR count). The molecule has 0 N–H and O–H groups in total. The van der Waals surface area contributed by atoms with E-state index in [2.05, 4.69) is 34.3 Å². The minimum Gasteiger partial charge on any atom is -0.141 e. The van der Waals surface area contributed by atoms with Crippen molar-refractivity contribution in [2.75, 3.05) is 0 Å². The lowest BCUT2D eigenvalue weighted by Gasteiger charge is -1.99. The quantitative estimate of drug-likeness (QED) is 0.696. The molecule has 68 valence electrons. The molecule has 0 spiro atoms. The second-order valence-electron chi connectivity index (χ2n) is 2.89. The van der Waals surface area contributed by atoms with E-state index in [0.29, 0.717) is 0 Å². The predicted molar refractivity (Wildman–Crippen MR) is 63.9 cm³/mol. The number of aryl methyl sites for hydroxylation is 1. The minimum atomic E-state index is 0.866. The Bertz CT molecular complexity index is 447. The Kier molecular flexibility index (Phi) is 2.63. The Morgan fingerprint density at radius 3 is 2.92 bits per heavy atom. The zero-order chi connectivity index (χ0) is 9.42. The van der Waals surface area contributed by atoms with Crippen molar-refractivity contribution in [1.82, 2.24) is 0 Å². The van der Waals surface area contributed by atoms with E-state index >= 15 is 0 Å². The van der Waals surface area contributed by atoms with Gasteiger partial charge in [-0.1, -0.05) is 18.5 Å². The fourth-order valence-corrected chi connectivity index (χ4v) is 3.24. The lowest BCUT2D eigenvalue weighted by molar-refractivity contribution is 1.15. The molecule has 0 aliphatic rings. The molecule has 13 heavy (non-hydrogen) atoms. The van der Waals surface area contributed by atoms with Gasteiger partial charge in [0.15, 0.2) is 0 Å². The van der Waals surface area contributed by atoms with Gasteiger partial charge in [0.05, 0.1) is 9.72 Å². The summed E-state index contributed by atoms with van der Waals surface area (Å²) >= 11 is 11.3. The van der Waals surface area contributed by atoms with Gasteiger partial charge in [0.2, 0.25) is 0 Å². The monoisotopic (exact) mass is 274 g/mol. The summed E-state index contributed by atoms with van der Waals surface area (Å²) in [6.45, 7) is 2.14. The van der Waals surface area contributed by atoms with E-state index in [1.165, 1.54) is 15.6 Å². The molecule has 0 aliphatic carbocycles. The first-order valence-electron chi connectivity index (χ1n) is 4.07. The van der Waals surface area contributed by atoms with Crippen molar-refractivity contribution in [3.8, 4) is 0 Å². The largest absolute Gasteiger partial charge is 0.141 e. The van der Waals surface area contributed by atoms with E-state index in [1.54, 1.807) is 11.3 Å². The Morgan fingerprint density at radius 2 is 2.23 bits per heavy atom. The molecule has 1 aromatic carbocycles. The zero-order valence-electron chi connectivity index (χ0n) is 7.10. The van der Waals surface area contributed by atoms with Crippen molar-refractivity contribution >= 4 is 49.0 Å². The summed E-state index contributed by atoms with van der Waals surface area (Å²) in [6.07, 6.45) is 1.03. The van der Waals surface area contributed by atoms with Crippen LogP contribution >= 0.6 is 38.9 Å². The maximum Gasteiger partial charge on any atom is 0.0587 e.